The fraction of sp³-hybridized carbons (Fsp3) is 0.0204. The smallest absolute Gasteiger partial charge is 0.0541 e. The Hall–Kier alpha value is -6.84. The standard InChI is InChI=1S/C49H33N3/c1-32-28-34(50-44-20-8-2-14-38(44)39-15-3-9-21-45(39)50)26-27-37(32)33-29-35(51-46-22-10-4-16-40(46)41-17-5-11-23-47(41)51)31-36(30-33)52-48-24-12-6-18-42(48)43-19-7-13-25-49(43)52/h2-31H,1H3. The van der Waals surface area contributed by atoms with Crippen LogP contribution in [0, 0.1) is 6.92 Å². The number of hydrogen-bond acceptors (Lipinski definition) is 0. The first-order chi connectivity index (χ1) is 25.7. The summed E-state index contributed by atoms with van der Waals surface area (Å²) in [5.74, 6) is 0. The van der Waals surface area contributed by atoms with E-state index in [1.807, 2.05) is 0 Å². The average molecular weight is 664 g/mol. The van der Waals surface area contributed by atoms with E-state index < -0.39 is 0 Å². The second-order valence-corrected chi connectivity index (χ2v) is 13.8. The molecule has 0 atom stereocenters. The molecular weight excluding hydrogens is 631 g/mol. The van der Waals surface area contributed by atoms with Gasteiger partial charge in [0.1, 0.15) is 0 Å². The number of aromatic nitrogens is 3. The first-order valence-electron chi connectivity index (χ1n) is 17.9. The van der Waals surface area contributed by atoms with E-state index in [0.717, 1.165) is 11.4 Å². The van der Waals surface area contributed by atoms with Gasteiger partial charge in [-0.2, -0.15) is 0 Å². The number of aryl methyl sites for hydroxylation is 1. The maximum atomic E-state index is 2.44. The van der Waals surface area contributed by atoms with Crippen molar-refractivity contribution in [2.75, 3.05) is 0 Å². The molecule has 11 rings (SSSR count). The third-order valence-electron chi connectivity index (χ3n) is 10.9. The van der Waals surface area contributed by atoms with Gasteiger partial charge in [-0.15, -0.1) is 0 Å². The van der Waals surface area contributed by atoms with Crippen molar-refractivity contribution in [3.63, 3.8) is 0 Å². The Labute approximate surface area is 300 Å². The largest absolute Gasteiger partial charge is 0.309 e. The van der Waals surface area contributed by atoms with Gasteiger partial charge < -0.3 is 13.7 Å². The molecule has 11 aromatic rings. The van der Waals surface area contributed by atoms with Crippen molar-refractivity contribution < 1.29 is 0 Å². The van der Waals surface area contributed by atoms with Crippen LogP contribution in [0.15, 0.2) is 182 Å². The summed E-state index contributed by atoms with van der Waals surface area (Å²) in [6.45, 7) is 2.25. The monoisotopic (exact) mass is 663 g/mol. The fourth-order valence-electron chi connectivity index (χ4n) is 8.72. The second kappa shape index (κ2) is 11.1. The van der Waals surface area contributed by atoms with Crippen molar-refractivity contribution >= 4 is 65.4 Å². The van der Waals surface area contributed by atoms with Crippen LogP contribution in [0.3, 0.4) is 0 Å². The highest BCUT2D eigenvalue weighted by atomic mass is 15.0. The molecule has 0 saturated carbocycles. The molecule has 0 unspecified atom stereocenters. The van der Waals surface area contributed by atoms with E-state index in [1.165, 1.54) is 87.8 Å². The highest BCUT2D eigenvalue weighted by Gasteiger charge is 2.18. The van der Waals surface area contributed by atoms with Crippen molar-refractivity contribution in [1.82, 2.24) is 13.7 Å². The van der Waals surface area contributed by atoms with Gasteiger partial charge in [-0.25, -0.2) is 0 Å². The molecule has 0 aliphatic rings. The normalized spacial score (nSPS) is 11.9. The zero-order chi connectivity index (χ0) is 34.3. The van der Waals surface area contributed by atoms with Crippen LogP contribution in [0.25, 0.3) is 93.6 Å². The first kappa shape index (κ1) is 28.9. The SMILES string of the molecule is Cc1cc(-n2c3ccccc3c3ccccc32)ccc1-c1cc(-n2c3ccccc3c3ccccc32)cc(-n2c3ccccc3c3ccccc32)c1. The van der Waals surface area contributed by atoms with Gasteiger partial charge >= 0.3 is 0 Å². The summed E-state index contributed by atoms with van der Waals surface area (Å²) < 4.78 is 7.28. The Morgan fingerprint density at radius 2 is 0.596 bits per heavy atom. The molecule has 52 heavy (non-hydrogen) atoms. The molecule has 3 heterocycles. The summed E-state index contributed by atoms with van der Waals surface area (Å²) in [7, 11) is 0. The van der Waals surface area contributed by atoms with Gasteiger partial charge in [0.05, 0.1) is 33.1 Å². The summed E-state index contributed by atoms with van der Waals surface area (Å²) >= 11 is 0. The van der Waals surface area contributed by atoms with Gasteiger partial charge in [0.25, 0.3) is 0 Å². The summed E-state index contributed by atoms with van der Waals surface area (Å²) in [6, 6.07) is 66.6. The van der Waals surface area contributed by atoms with Crippen molar-refractivity contribution in [1.29, 1.82) is 0 Å². The quantitative estimate of drug-likeness (QED) is 0.178. The van der Waals surface area contributed by atoms with E-state index >= 15 is 0 Å². The van der Waals surface area contributed by atoms with Crippen LogP contribution in [0.4, 0.5) is 0 Å². The van der Waals surface area contributed by atoms with Gasteiger partial charge in [0.2, 0.25) is 0 Å². The lowest BCUT2D eigenvalue weighted by Gasteiger charge is -2.17. The minimum absolute atomic E-state index is 1.14. The number of hydrogen-bond donors (Lipinski definition) is 0. The van der Waals surface area contributed by atoms with Gasteiger partial charge in [0, 0.05) is 49.4 Å². The van der Waals surface area contributed by atoms with Crippen molar-refractivity contribution in [3.05, 3.63) is 188 Å². The van der Waals surface area contributed by atoms with E-state index in [4.69, 9.17) is 0 Å². The highest BCUT2D eigenvalue weighted by molar-refractivity contribution is 6.11. The van der Waals surface area contributed by atoms with Crippen molar-refractivity contribution in [2.45, 2.75) is 6.92 Å². The van der Waals surface area contributed by atoms with Gasteiger partial charge in [-0.1, -0.05) is 115 Å². The minimum atomic E-state index is 1.14. The predicted molar refractivity (Wildman–Crippen MR) is 220 cm³/mol. The zero-order valence-corrected chi connectivity index (χ0v) is 28.7. The maximum absolute atomic E-state index is 2.44. The summed E-state index contributed by atoms with van der Waals surface area (Å²) in [6.07, 6.45) is 0. The van der Waals surface area contributed by atoms with Gasteiger partial charge in [-0.3, -0.25) is 0 Å². The molecule has 0 spiro atoms. The lowest BCUT2D eigenvalue weighted by atomic mass is 9.98. The molecular formula is C49H33N3. The van der Waals surface area contributed by atoms with E-state index in [9.17, 15) is 0 Å². The Kier molecular flexibility index (Phi) is 6.17. The van der Waals surface area contributed by atoms with Crippen LogP contribution >= 0.6 is 0 Å². The molecule has 0 radical (unpaired) electrons. The number of fused-ring (bicyclic) bond motifs is 9. The average Bonchev–Trinajstić information content (AvgIpc) is 3.84. The van der Waals surface area contributed by atoms with Crippen LogP contribution in [-0.4, -0.2) is 13.7 Å². The summed E-state index contributed by atoms with van der Waals surface area (Å²) in [4.78, 5) is 0. The van der Waals surface area contributed by atoms with Crippen LogP contribution in [0.5, 0.6) is 0 Å². The first-order valence-corrected chi connectivity index (χ1v) is 17.9. The molecule has 3 aromatic heterocycles. The predicted octanol–water partition coefficient (Wildman–Crippen LogP) is 13.0. The number of rotatable bonds is 4. The second-order valence-electron chi connectivity index (χ2n) is 13.8. The molecule has 0 amide bonds. The Bertz CT molecular complexity index is 2910. The molecule has 0 fully saturated rings. The van der Waals surface area contributed by atoms with Crippen LogP contribution in [-0.2, 0) is 0 Å². The molecule has 0 bridgehead atoms. The third-order valence-corrected chi connectivity index (χ3v) is 10.9. The Morgan fingerprint density at radius 1 is 0.288 bits per heavy atom. The van der Waals surface area contributed by atoms with E-state index in [0.29, 0.717) is 0 Å². The number of para-hydroxylation sites is 6. The number of benzene rings is 8. The van der Waals surface area contributed by atoms with Crippen LogP contribution < -0.4 is 0 Å². The molecule has 0 saturated heterocycles. The van der Waals surface area contributed by atoms with E-state index in [-0.39, 0.29) is 0 Å². The number of nitrogens with zero attached hydrogens (tertiary/aromatic N) is 3. The van der Waals surface area contributed by atoms with Crippen LogP contribution in [0.1, 0.15) is 5.56 Å². The summed E-state index contributed by atoms with van der Waals surface area (Å²) in [5, 5.41) is 7.58. The van der Waals surface area contributed by atoms with E-state index in [1.54, 1.807) is 0 Å². The van der Waals surface area contributed by atoms with E-state index in [2.05, 4.69) is 203 Å². The molecule has 244 valence electrons. The van der Waals surface area contributed by atoms with Crippen molar-refractivity contribution in [2.24, 2.45) is 0 Å². The lowest BCUT2D eigenvalue weighted by molar-refractivity contribution is 1.13. The Balaban J connectivity index is 1.19. The summed E-state index contributed by atoms with van der Waals surface area (Å²) in [5.41, 5.74) is 14.3. The Morgan fingerprint density at radius 3 is 0.923 bits per heavy atom. The van der Waals surface area contributed by atoms with Crippen LogP contribution in [0.2, 0.25) is 0 Å². The zero-order valence-electron chi connectivity index (χ0n) is 28.7. The topological polar surface area (TPSA) is 14.8 Å². The van der Waals surface area contributed by atoms with Crippen molar-refractivity contribution in [3.8, 4) is 28.2 Å². The third kappa shape index (κ3) is 4.14. The highest BCUT2D eigenvalue weighted by Crippen LogP contribution is 2.39. The molecule has 3 nitrogen and oxygen atoms in total. The van der Waals surface area contributed by atoms with Gasteiger partial charge in [0.15, 0.2) is 0 Å². The molecule has 8 aromatic carbocycles. The van der Waals surface area contributed by atoms with Gasteiger partial charge in [-0.05, 0) is 90.3 Å². The molecule has 0 aliphatic carbocycles. The molecule has 3 heteroatoms. The molecule has 0 aliphatic heterocycles. The molecule has 0 N–H and O–H groups in total. The maximum Gasteiger partial charge on any atom is 0.0541 e. The minimum Gasteiger partial charge on any atom is -0.309 e. The lowest BCUT2D eigenvalue weighted by Crippen LogP contribution is -2.01. The fourth-order valence-corrected chi connectivity index (χ4v) is 8.72.